The van der Waals surface area contributed by atoms with E-state index in [0.29, 0.717) is 65.6 Å². The van der Waals surface area contributed by atoms with Gasteiger partial charge in [0.2, 0.25) is 0 Å². The van der Waals surface area contributed by atoms with Gasteiger partial charge >= 0.3 is 12.2 Å². The van der Waals surface area contributed by atoms with Crippen molar-refractivity contribution in [3.8, 4) is 0 Å². The van der Waals surface area contributed by atoms with Gasteiger partial charge < -0.3 is 34.7 Å². The molecule has 0 aromatic heterocycles. The zero-order valence-corrected chi connectivity index (χ0v) is 15.5. The lowest BCUT2D eigenvalue weighted by Gasteiger charge is -2.19. The van der Waals surface area contributed by atoms with Gasteiger partial charge in [-0.25, -0.2) is 9.59 Å². The summed E-state index contributed by atoms with van der Waals surface area (Å²) in [6.07, 6.45) is -0.113. The molecular formula is C16H32N2O7. The fraction of sp³-hybridized carbons (Fsp3) is 0.875. The summed E-state index contributed by atoms with van der Waals surface area (Å²) in [5.74, 6) is 0. The summed E-state index contributed by atoms with van der Waals surface area (Å²) in [7, 11) is 0. The van der Waals surface area contributed by atoms with Crippen molar-refractivity contribution in [2.45, 2.75) is 39.2 Å². The minimum Gasteiger partial charge on any atom is -0.465 e. The maximum absolute atomic E-state index is 11.4. The first-order valence-corrected chi connectivity index (χ1v) is 8.48. The topological polar surface area (TPSA) is 115 Å². The van der Waals surface area contributed by atoms with Crippen LogP contribution in [-0.2, 0) is 18.9 Å². The van der Waals surface area contributed by atoms with Crippen LogP contribution < -0.4 is 10.6 Å². The van der Waals surface area contributed by atoms with Crippen molar-refractivity contribution in [1.29, 1.82) is 0 Å². The van der Waals surface area contributed by atoms with Crippen molar-refractivity contribution in [1.82, 2.24) is 10.6 Å². The maximum Gasteiger partial charge on any atom is 0.407 e. The molecule has 0 aromatic carbocycles. The number of carboxylic acid groups (broad SMARTS) is 1. The maximum atomic E-state index is 11.4. The van der Waals surface area contributed by atoms with Crippen LogP contribution in [0.4, 0.5) is 9.59 Å². The fourth-order valence-corrected chi connectivity index (χ4v) is 1.59. The average molecular weight is 364 g/mol. The molecule has 0 saturated heterocycles. The van der Waals surface area contributed by atoms with Gasteiger partial charge in [-0.3, -0.25) is 0 Å². The van der Waals surface area contributed by atoms with Crippen molar-refractivity contribution in [3.63, 3.8) is 0 Å². The highest BCUT2D eigenvalue weighted by Gasteiger charge is 2.15. The van der Waals surface area contributed by atoms with E-state index in [4.69, 9.17) is 24.1 Å². The highest BCUT2D eigenvalue weighted by molar-refractivity contribution is 5.67. The van der Waals surface area contributed by atoms with Crippen molar-refractivity contribution in [2.24, 2.45) is 0 Å². The van der Waals surface area contributed by atoms with Crippen LogP contribution in [0.1, 0.15) is 33.6 Å². The van der Waals surface area contributed by atoms with E-state index in [2.05, 4.69) is 10.6 Å². The van der Waals surface area contributed by atoms with Gasteiger partial charge in [-0.2, -0.15) is 0 Å². The second-order valence-corrected chi connectivity index (χ2v) is 6.20. The van der Waals surface area contributed by atoms with Crippen LogP contribution in [0.15, 0.2) is 0 Å². The molecule has 0 atom stereocenters. The highest BCUT2D eigenvalue weighted by atomic mass is 16.6. The van der Waals surface area contributed by atoms with Gasteiger partial charge in [0.1, 0.15) is 5.60 Å². The molecule has 3 N–H and O–H groups in total. The Bertz CT molecular complexity index is 359. The number of carbonyl (C=O) groups is 2. The third kappa shape index (κ3) is 20.4. The smallest absolute Gasteiger partial charge is 0.407 e. The molecule has 9 nitrogen and oxygen atoms in total. The highest BCUT2D eigenvalue weighted by Crippen LogP contribution is 2.06. The summed E-state index contributed by atoms with van der Waals surface area (Å²) >= 11 is 0. The lowest BCUT2D eigenvalue weighted by atomic mass is 10.2. The van der Waals surface area contributed by atoms with Crippen LogP contribution >= 0.6 is 0 Å². The summed E-state index contributed by atoms with van der Waals surface area (Å²) < 4.78 is 21.1. The van der Waals surface area contributed by atoms with Crippen LogP contribution in [-0.4, -0.2) is 75.6 Å². The lowest BCUT2D eigenvalue weighted by Crippen LogP contribution is -2.33. The molecule has 0 saturated carbocycles. The van der Waals surface area contributed by atoms with Crippen molar-refractivity contribution < 1.29 is 33.6 Å². The zero-order chi connectivity index (χ0) is 19.0. The van der Waals surface area contributed by atoms with Crippen LogP contribution in [0.2, 0.25) is 0 Å². The number of hydrogen-bond acceptors (Lipinski definition) is 6. The van der Waals surface area contributed by atoms with E-state index in [0.717, 1.165) is 0 Å². The van der Waals surface area contributed by atoms with E-state index >= 15 is 0 Å². The molecule has 0 aliphatic heterocycles. The summed E-state index contributed by atoms with van der Waals surface area (Å²) in [4.78, 5) is 21.6. The number of rotatable bonds is 14. The first kappa shape index (κ1) is 23.4. The van der Waals surface area contributed by atoms with Gasteiger partial charge in [0.25, 0.3) is 0 Å². The van der Waals surface area contributed by atoms with Crippen LogP contribution in [0.3, 0.4) is 0 Å². The molecule has 2 amide bonds. The number of hydrogen-bond donors (Lipinski definition) is 3. The zero-order valence-electron chi connectivity index (χ0n) is 15.5. The van der Waals surface area contributed by atoms with Crippen LogP contribution in [0.25, 0.3) is 0 Å². The Labute approximate surface area is 149 Å². The minimum absolute atomic E-state index is 0.382. The van der Waals surface area contributed by atoms with Gasteiger partial charge in [0.15, 0.2) is 0 Å². The average Bonchev–Trinajstić information content (AvgIpc) is 2.49. The molecule has 0 fully saturated rings. The SMILES string of the molecule is CC(C)(C)OC(=O)NCCCOCCOCCOCCCNC(=O)O. The molecule has 0 unspecified atom stereocenters. The van der Waals surface area contributed by atoms with E-state index in [1.165, 1.54) is 0 Å². The fourth-order valence-electron chi connectivity index (χ4n) is 1.59. The van der Waals surface area contributed by atoms with Crippen molar-refractivity contribution >= 4 is 12.2 Å². The molecule has 0 aromatic rings. The van der Waals surface area contributed by atoms with Gasteiger partial charge in [0.05, 0.1) is 26.4 Å². The number of ether oxygens (including phenoxy) is 4. The molecule has 25 heavy (non-hydrogen) atoms. The first-order valence-electron chi connectivity index (χ1n) is 8.48. The molecular weight excluding hydrogens is 332 g/mol. The molecule has 0 bridgehead atoms. The largest absolute Gasteiger partial charge is 0.465 e. The summed E-state index contributed by atoms with van der Waals surface area (Å²) in [5.41, 5.74) is -0.489. The molecule has 0 rings (SSSR count). The number of amides is 2. The molecule has 0 radical (unpaired) electrons. The number of alkyl carbamates (subject to hydrolysis) is 1. The van der Waals surface area contributed by atoms with Gasteiger partial charge in [-0.15, -0.1) is 0 Å². The minimum atomic E-state index is -1.02. The molecule has 0 spiro atoms. The normalized spacial score (nSPS) is 11.2. The summed E-state index contributed by atoms with van der Waals surface area (Å²) in [6.45, 7) is 9.25. The lowest BCUT2D eigenvalue weighted by molar-refractivity contribution is 0.0136. The molecule has 0 heterocycles. The van der Waals surface area contributed by atoms with E-state index in [-0.39, 0.29) is 0 Å². The van der Waals surface area contributed by atoms with E-state index in [9.17, 15) is 9.59 Å². The van der Waals surface area contributed by atoms with E-state index < -0.39 is 17.8 Å². The Morgan fingerprint density at radius 1 is 0.800 bits per heavy atom. The summed E-state index contributed by atoms with van der Waals surface area (Å²) in [5, 5.41) is 13.3. The molecule has 0 aliphatic rings. The standard InChI is InChI=1S/C16H32N2O7/c1-16(2,3)25-15(21)18-7-5-9-23-11-13-24-12-10-22-8-4-6-17-14(19)20/h17H,4-13H2,1-3H3,(H,18,21)(H,19,20). The van der Waals surface area contributed by atoms with Crippen LogP contribution in [0.5, 0.6) is 0 Å². The second kappa shape index (κ2) is 14.7. The number of carbonyl (C=O) groups excluding carboxylic acids is 1. The second-order valence-electron chi connectivity index (χ2n) is 6.20. The van der Waals surface area contributed by atoms with Gasteiger partial charge in [-0.1, -0.05) is 0 Å². The molecule has 9 heteroatoms. The number of nitrogens with one attached hydrogen (secondary N) is 2. The van der Waals surface area contributed by atoms with Gasteiger partial charge in [0, 0.05) is 26.3 Å². The van der Waals surface area contributed by atoms with Crippen LogP contribution in [0, 0.1) is 0 Å². The predicted octanol–water partition coefficient (Wildman–Crippen LogP) is 1.61. The third-order valence-corrected chi connectivity index (χ3v) is 2.62. The first-order chi connectivity index (χ1) is 11.8. The Morgan fingerprint density at radius 3 is 1.68 bits per heavy atom. The van der Waals surface area contributed by atoms with Crippen molar-refractivity contribution in [3.05, 3.63) is 0 Å². The Hall–Kier alpha value is -1.58. The Balaban J connectivity index is 3.17. The van der Waals surface area contributed by atoms with E-state index in [1.807, 2.05) is 20.8 Å². The van der Waals surface area contributed by atoms with Gasteiger partial charge in [-0.05, 0) is 33.6 Å². The molecule has 148 valence electrons. The van der Waals surface area contributed by atoms with Crippen molar-refractivity contribution in [2.75, 3.05) is 52.7 Å². The Kier molecular flexibility index (Phi) is 13.8. The third-order valence-electron chi connectivity index (χ3n) is 2.62. The quantitative estimate of drug-likeness (QED) is 0.401. The molecule has 0 aliphatic carbocycles. The van der Waals surface area contributed by atoms with E-state index in [1.54, 1.807) is 0 Å². The monoisotopic (exact) mass is 364 g/mol. The predicted molar refractivity (Wildman–Crippen MR) is 92.0 cm³/mol. The summed E-state index contributed by atoms with van der Waals surface area (Å²) in [6, 6.07) is 0. The Morgan fingerprint density at radius 2 is 1.24 bits per heavy atom.